The molecule has 1 saturated heterocycles. The molecule has 0 spiro atoms. The standard InChI is InChI=1S/C22H26BN3O3.C2H6.C2H4/c1-13-9-17(23-28-21(3,4)22(5,6)29-23)10-14(2)19(13)26-20(27)15-7-8-16(12-24)18(25)11-15;2*1-2/h7-11H,25H2,1-6H3,(H,26,27);1-2H3;1-2H2. The Morgan fingerprint density at radius 1 is 1.03 bits per heavy atom. The average molecular weight is 449 g/mol. The monoisotopic (exact) mass is 449 g/mol. The van der Waals surface area contributed by atoms with Crippen molar-refractivity contribution in [3.63, 3.8) is 0 Å². The van der Waals surface area contributed by atoms with Crippen LogP contribution in [0.25, 0.3) is 0 Å². The van der Waals surface area contributed by atoms with Crippen LogP contribution in [0.3, 0.4) is 0 Å². The van der Waals surface area contributed by atoms with Gasteiger partial charge in [0.25, 0.3) is 5.91 Å². The van der Waals surface area contributed by atoms with E-state index in [-0.39, 0.29) is 11.6 Å². The van der Waals surface area contributed by atoms with Gasteiger partial charge < -0.3 is 20.4 Å². The van der Waals surface area contributed by atoms with Crippen LogP contribution in [0.1, 0.15) is 68.6 Å². The van der Waals surface area contributed by atoms with Gasteiger partial charge in [0.15, 0.2) is 0 Å². The van der Waals surface area contributed by atoms with E-state index in [0.29, 0.717) is 11.1 Å². The molecule has 0 atom stereocenters. The number of carbonyl (C=O) groups is 1. The number of benzene rings is 2. The van der Waals surface area contributed by atoms with Crippen molar-refractivity contribution in [2.45, 2.75) is 66.6 Å². The van der Waals surface area contributed by atoms with Crippen molar-refractivity contribution in [2.75, 3.05) is 11.1 Å². The third-order valence-electron chi connectivity index (χ3n) is 5.75. The summed E-state index contributed by atoms with van der Waals surface area (Å²) < 4.78 is 12.3. The van der Waals surface area contributed by atoms with Crippen LogP contribution in [0.5, 0.6) is 0 Å². The number of amides is 1. The number of aryl methyl sites for hydroxylation is 2. The molecule has 1 heterocycles. The second kappa shape index (κ2) is 11.2. The Hall–Kier alpha value is -3.08. The molecule has 2 aromatic rings. The summed E-state index contributed by atoms with van der Waals surface area (Å²) in [5, 5.41) is 11.9. The normalized spacial score (nSPS) is 15.3. The van der Waals surface area contributed by atoms with Crippen molar-refractivity contribution < 1.29 is 14.1 Å². The summed E-state index contributed by atoms with van der Waals surface area (Å²) in [5.41, 5.74) is 9.49. The number of nitrogens with two attached hydrogens (primary N) is 1. The number of nitriles is 1. The number of hydrogen-bond acceptors (Lipinski definition) is 5. The van der Waals surface area contributed by atoms with Gasteiger partial charge in [-0.05, 0) is 76.3 Å². The van der Waals surface area contributed by atoms with Crippen molar-refractivity contribution in [3.8, 4) is 6.07 Å². The summed E-state index contributed by atoms with van der Waals surface area (Å²) in [5.74, 6) is -0.282. The molecule has 3 rings (SSSR count). The lowest BCUT2D eigenvalue weighted by molar-refractivity contribution is 0.00578. The van der Waals surface area contributed by atoms with Crippen LogP contribution in [0.15, 0.2) is 43.5 Å². The van der Waals surface area contributed by atoms with Crippen LogP contribution in [-0.4, -0.2) is 24.2 Å². The fraction of sp³-hybridized carbons (Fsp3) is 0.385. The highest BCUT2D eigenvalue weighted by molar-refractivity contribution is 6.62. The Bertz CT molecular complexity index is 1000. The summed E-state index contributed by atoms with van der Waals surface area (Å²) >= 11 is 0. The predicted molar refractivity (Wildman–Crippen MR) is 138 cm³/mol. The number of nitrogens with one attached hydrogen (secondary N) is 1. The molecule has 176 valence electrons. The van der Waals surface area contributed by atoms with Crippen LogP contribution in [0.4, 0.5) is 11.4 Å². The van der Waals surface area contributed by atoms with Crippen molar-refractivity contribution in [3.05, 3.63) is 65.7 Å². The Labute approximate surface area is 198 Å². The topological polar surface area (TPSA) is 97.4 Å². The van der Waals surface area contributed by atoms with E-state index < -0.39 is 18.3 Å². The fourth-order valence-electron chi connectivity index (χ4n) is 3.30. The van der Waals surface area contributed by atoms with Gasteiger partial charge in [0.05, 0.1) is 22.5 Å². The minimum Gasteiger partial charge on any atom is -0.399 e. The summed E-state index contributed by atoms with van der Waals surface area (Å²) in [6.45, 7) is 21.9. The van der Waals surface area contributed by atoms with Crippen LogP contribution in [0, 0.1) is 25.2 Å². The molecule has 0 aliphatic carbocycles. The quantitative estimate of drug-likeness (QED) is 0.384. The lowest BCUT2D eigenvalue weighted by Gasteiger charge is -2.32. The van der Waals surface area contributed by atoms with Crippen LogP contribution < -0.4 is 16.5 Å². The summed E-state index contributed by atoms with van der Waals surface area (Å²) in [4.78, 5) is 12.7. The van der Waals surface area contributed by atoms with Gasteiger partial charge in [-0.15, -0.1) is 13.2 Å². The molecule has 0 bridgehead atoms. The molecule has 3 N–H and O–H groups in total. The van der Waals surface area contributed by atoms with Gasteiger partial charge in [0.2, 0.25) is 0 Å². The van der Waals surface area contributed by atoms with E-state index >= 15 is 0 Å². The van der Waals surface area contributed by atoms with Crippen molar-refractivity contribution >= 4 is 29.9 Å². The van der Waals surface area contributed by atoms with E-state index in [9.17, 15) is 4.79 Å². The first-order valence-corrected chi connectivity index (χ1v) is 11.0. The molecule has 0 saturated carbocycles. The summed E-state index contributed by atoms with van der Waals surface area (Å²) in [6.07, 6.45) is 0. The largest absolute Gasteiger partial charge is 0.494 e. The fourth-order valence-corrected chi connectivity index (χ4v) is 3.30. The first-order chi connectivity index (χ1) is 15.4. The van der Waals surface area contributed by atoms with Crippen molar-refractivity contribution in [1.82, 2.24) is 0 Å². The summed E-state index contributed by atoms with van der Waals surface area (Å²) in [6, 6.07) is 10.6. The number of hydrogen-bond donors (Lipinski definition) is 2. The maximum Gasteiger partial charge on any atom is 0.494 e. The van der Waals surface area contributed by atoms with Gasteiger partial charge in [-0.3, -0.25) is 4.79 Å². The molecule has 1 fully saturated rings. The van der Waals surface area contributed by atoms with E-state index in [1.165, 1.54) is 6.07 Å². The molecule has 1 amide bonds. The lowest BCUT2D eigenvalue weighted by Crippen LogP contribution is -2.41. The van der Waals surface area contributed by atoms with E-state index in [1.807, 2.05) is 73.6 Å². The van der Waals surface area contributed by atoms with Gasteiger partial charge in [-0.25, -0.2) is 0 Å². The summed E-state index contributed by atoms with van der Waals surface area (Å²) in [7, 11) is -0.458. The molecule has 2 aromatic carbocycles. The van der Waals surface area contributed by atoms with Crippen LogP contribution >= 0.6 is 0 Å². The van der Waals surface area contributed by atoms with Gasteiger partial charge >= 0.3 is 7.12 Å². The Balaban J connectivity index is 0.00000129. The SMILES string of the molecule is C=C.CC.Cc1cc(B2OC(C)(C)C(C)(C)O2)cc(C)c1NC(=O)c1ccc(C#N)c(N)c1. The molecule has 1 aliphatic rings. The average Bonchev–Trinajstić information content (AvgIpc) is 3.00. The number of carbonyl (C=O) groups excluding carboxylic acids is 1. The highest BCUT2D eigenvalue weighted by Crippen LogP contribution is 2.36. The molecule has 1 aliphatic heterocycles. The molecule has 0 aromatic heterocycles. The molecule has 0 unspecified atom stereocenters. The first-order valence-electron chi connectivity index (χ1n) is 11.0. The highest BCUT2D eigenvalue weighted by Gasteiger charge is 2.51. The third kappa shape index (κ3) is 6.04. The van der Waals surface area contributed by atoms with Gasteiger partial charge in [-0.1, -0.05) is 26.0 Å². The van der Waals surface area contributed by atoms with Crippen LogP contribution in [0.2, 0.25) is 0 Å². The lowest BCUT2D eigenvalue weighted by atomic mass is 9.77. The molecule has 7 heteroatoms. The predicted octanol–water partition coefficient (Wildman–Crippen LogP) is 5.14. The second-order valence-corrected chi connectivity index (χ2v) is 8.49. The highest BCUT2D eigenvalue weighted by atomic mass is 16.7. The zero-order valence-electron chi connectivity index (χ0n) is 21.1. The number of rotatable bonds is 3. The zero-order chi connectivity index (χ0) is 25.6. The minimum absolute atomic E-state index is 0.282. The molecular formula is C26H36BN3O3. The molecule has 0 radical (unpaired) electrons. The molecule has 33 heavy (non-hydrogen) atoms. The smallest absolute Gasteiger partial charge is 0.399 e. The Morgan fingerprint density at radius 3 is 1.94 bits per heavy atom. The van der Waals surface area contributed by atoms with Crippen molar-refractivity contribution in [2.24, 2.45) is 0 Å². The van der Waals surface area contributed by atoms with Gasteiger partial charge in [0.1, 0.15) is 6.07 Å². The number of anilines is 2. The third-order valence-corrected chi connectivity index (χ3v) is 5.75. The van der Waals surface area contributed by atoms with Crippen LogP contribution in [-0.2, 0) is 9.31 Å². The molecule has 6 nitrogen and oxygen atoms in total. The van der Waals surface area contributed by atoms with E-state index in [4.69, 9.17) is 20.3 Å². The van der Waals surface area contributed by atoms with Gasteiger partial charge in [-0.2, -0.15) is 5.26 Å². The number of nitrogens with zero attached hydrogens (tertiary/aromatic N) is 1. The Morgan fingerprint density at radius 2 is 1.52 bits per heavy atom. The van der Waals surface area contributed by atoms with E-state index in [0.717, 1.165) is 22.3 Å². The minimum atomic E-state index is -0.458. The first kappa shape index (κ1) is 28.0. The molecular weight excluding hydrogens is 413 g/mol. The second-order valence-electron chi connectivity index (χ2n) is 8.49. The van der Waals surface area contributed by atoms with Gasteiger partial charge in [0, 0.05) is 11.3 Å². The van der Waals surface area contributed by atoms with E-state index in [1.54, 1.807) is 12.1 Å². The maximum absolute atomic E-state index is 12.7. The zero-order valence-corrected chi connectivity index (χ0v) is 21.1. The van der Waals surface area contributed by atoms with Crippen molar-refractivity contribution in [1.29, 1.82) is 5.26 Å². The maximum atomic E-state index is 12.7. The van der Waals surface area contributed by atoms with E-state index in [2.05, 4.69) is 18.5 Å². The Kier molecular flexibility index (Phi) is 9.47. The number of nitrogen functional groups attached to an aromatic ring is 1.